The number of hydrogen-bond acceptors (Lipinski definition) is 1. The largest absolute Gasteiger partial charge is 0.416 e. The molecule has 0 saturated heterocycles. The van der Waals surface area contributed by atoms with Crippen molar-refractivity contribution in [2.24, 2.45) is 11.7 Å². The van der Waals surface area contributed by atoms with Gasteiger partial charge in [-0.05, 0) is 43.9 Å². The Bertz CT molecular complexity index is 771. The van der Waals surface area contributed by atoms with Crippen molar-refractivity contribution in [2.45, 2.75) is 46.8 Å². The van der Waals surface area contributed by atoms with Crippen LogP contribution >= 0.6 is 0 Å². The second-order valence-electron chi connectivity index (χ2n) is 6.69. The van der Waals surface area contributed by atoms with E-state index in [1.165, 1.54) is 12.1 Å². The maximum atomic E-state index is 12.8. The lowest BCUT2D eigenvalue weighted by Crippen LogP contribution is -2.14. The van der Waals surface area contributed by atoms with Crippen molar-refractivity contribution in [2.75, 3.05) is 0 Å². The van der Waals surface area contributed by atoms with Gasteiger partial charge in [-0.15, -0.1) is 0 Å². The number of benzene rings is 1. The molecule has 3 nitrogen and oxygen atoms in total. The number of nitrogens with two attached hydrogens (primary N) is 1. The van der Waals surface area contributed by atoms with E-state index in [0.29, 0.717) is 22.6 Å². The second-order valence-corrected chi connectivity index (χ2v) is 6.69. The Balaban J connectivity index is 2.56. The molecule has 1 heterocycles. The maximum absolute atomic E-state index is 12.8. The zero-order valence-corrected chi connectivity index (χ0v) is 14.9. The van der Waals surface area contributed by atoms with Crippen molar-refractivity contribution in [3.05, 3.63) is 46.8 Å². The van der Waals surface area contributed by atoms with Gasteiger partial charge in [0, 0.05) is 23.5 Å². The van der Waals surface area contributed by atoms with Crippen LogP contribution in [0.5, 0.6) is 0 Å². The maximum Gasteiger partial charge on any atom is 0.416 e. The standard InChI is InChI=1S/C19H23F3N2O/c1-11(2)9-10-24-12(3)16(17(13(24)4)18(23)25)14-5-7-15(8-6-14)19(20,21)22/h5-8,11H,9-10H2,1-4H3,(H2,23,25). The van der Waals surface area contributed by atoms with E-state index in [-0.39, 0.29) is 0 Å². The van der Waals surface area contributed by atoms with Gasteiger partial charge >= 0.3 is 6.18 Å². The number of carbonyl (C=O) groups is 1. The molecule has 2 N–H and O–H groups in total. The van der Waals surface area contributed by atoms with E-state index in [2.05, 4.69) is 13.8 Å². The van der Waals surface area contributed by atoms with Crippen LogP contribution in [-0.4, -0.2) is 10.5 Å². The minimum Gasteiger partial charge on any atom is -0.366 e. The van der Waals surface area contributed by atoms with Crippen molar-refractivity contribution in [1.82, 2.24) is 4.57 Å². The van der Waals surface area contributed by atoms with E-state index >= 15 is 0 Å². The van der Waals surface area contributed by atoms with E-state index in [4.69, 9.17) is 5.73 Å². The number of alkyl halides is 3. The minimum absolute atomic E-state index is 0.376. The summed E-state index contributed by atoms with van der Waals surface area (Å²) in [5.74, 6) is -0.0773. The summed E-state index contributed by atoms with van der Waals surface area (Å²) in [7, 11) is 0. The molecule has 0 spiro atoms. The molecule has 0 aliphatic rings. The quantitative estimate of drug-likeness (QED) is 0.814. The Morgan fingerprint density at radius 1 is 1.12 bits per heavy atom. The van der Waals surface area contributed by atoms with Crippen LogP contribution in [-0.2, 0) is 12.7 Å². The van der Waals surface area contributed by atoms with Crippen LogP contribution in [0.4, 0.5) is 13.2 Å². The molecule has 0 bridgehead atoms. The highest BCUT2D eigenvalue weighted by atomic mass is 19.4. The normalized spacial score (nSPS) is 12.0. The van der Waals surface area contributed by atoms with Crippen LogP contribution in [0, 0.1) is 19.8 Å². The molecule has 0 atom stereocenters. The molecule has 25 heavy (non-hydrogen) atoms. The average Bonchev–Trinajstić information content (AvgIpc) is 2.75. The molecule has 0 radical (unpaired) electrons. The van der Waals surface area contributed by atoms with Crippen LogP contribution in [0.1, 0.15) is 47.6 Å². The van der Waals surface area contributed by atoms with E-state index in [1.807, 2.05) is 18.4 Å². The van der Waals surface area contributed by atoms with Gasteiger partial charge in [0.05, 0.1) is 11.1 Å². The fourth-order valence-corrected chi connectivity index (χ4v) is 3.09. The van der Waals surface area contributed by atoms with Gasteiger partial charge in [0.25, 0.3) is 5.91 Å². The Kier molecular flexibility index (Phi) is 5.30. The fourth-order valence-electron chi connectivity index (χ4n) is 3.09. The van der Waals surface area contributed by atoms with Gasteiger partial charge in [-0.3, -0.25) is 4.79 Å². The summed E-state index contributed by atoms with van der Waals surface area (Å²) < 4.78 is 40.3. The van der Waals surface area contributed by atoms with Gasteiger partial charge in [0.1, 0.15) is 0 Å². The first-order valence-electron chi connectivity index (χ1n) is 8.21. The molecule has 0 saturated carbocycles. The third kappa shape index (κ3) is 3.89. The monoisotopic (exact) mass is 352 g/mol. The number of carbonyl (C=O) groups excluding carboxylic acids is 1. The van der Waals surface area contributed by atoms with Gasteiger partial charge in [-0.25, -0.2) is 0 Å². The number of amides is 1. The van der Waals surface area contributed by atoms with Crippen LogP contribution < -0.4 is 5.73 Å². The number of primary amides is 1. The van der Waals surface area contributed by atoms with Crippen LogP contribution in [0.25, 0.3) is 11.1 Å². The molecule has 1 amide bonds. The third-order valence-electron chi connectivity index (χ3n) is 4.46. The van der Waals surface area contributed by atoms with Crippen molar-refractivity contribution in [3.8, 4) is 11.1 Å². The smallest absolute Gasteiger partial charge is 0.366 e. The average molecular weight is 352 g/mol. The Hall–Kier alpha value is -2.24. The zero-order chi connectivity index (χ0) is 18.9. The summed E-state index contributed by atoms with van der Waals surface area (Å²) in [4.78, 5) is 12.0. The van der Waals surface area contributed by atoms with E-state index in [0.717, 1.165) is 36.5 Å². The second kappa shape index (κ2) is 6.94. The van der Waals surface area contributed by atoms with Crippen LogP contribution in [0.3, 0.4) is 0 Å². The molecular formula is C19H23F3N2O. The Morgan fingerprint density at radius 3 is 2.12 bits per heavy atom. The Labute approximate surface area is 145 Å². The predicted octanol–water partition coefficient (Wildman–Crippen LogP) is 4.94. The lowest BCUT2D eigenvalue weighted by atomic mass is 9.99. The van der Waals surface area contributed by atoms with Crippen molar-refractivity contribution >= 4 is 5.91 Å². The lowest BCUT2D eigenvalue weighted by molar-refractivity contribution is -0.137. The summed E-state index contributed by atoms with van der Waals surface area (Å²) >= 11 is 0. The number of hydrogen-bond donors (Lipinski definition) is 1. The summed E-state index contributed by atoms with van der Waals surface area (Å²) in [5.41, 5.74) is 7.98. The third-order valence-corrected chi connectivity index (χ3v) is 4.46. The van der Waals surface area contributed by atoms with Gasteiger partial charge in [-0.1, -0.05) is 26.0 Å². The van der Waals surface area contributed by atoms with E-state index < -0.39 is 17.6 Å². The van der Waals surface area contributed by atoms with Crippen molar-refractivity contribution < 1.29 is 18.0 Å². The molecule has 1 aromatic heterocycles. The zero-order valence-electron chi connectivity index (χ0n) is 14.9. The first kappa shape index (κ1) is 19.1. The first-order valence-corrected chi connectivity index (χ1v) is 8.21. The molecule has 0 aliphatic carbocycles. The number of halogens is 3. The lowest BCUT2D eigenvalue weighted by Gasteiger charge is -2.12. The Morgan fingerprint density at radius 2 is 1.68 bits per heavy atom. The summed E-state index contributed by atoms with van der Waals surface area (Å²) in [6.45, 7) is 8.64. The predicted molar refractivity (Wildman–Crippen MR) is 92.3 cm³/mol. The molecule has 0 fully saturated rings. The number of nitrogens with zero attached hydrogens (tertiary/aromatic N) is 1. The van der Waals surface area contributed by atoms with Gasteiger partial charge < -0.3 is 10.3 Å². The summed E-state index contributed by atoms with van der Waals surface area (Å²) in [6, 6.07) is 4.84. The van der Waals surface area contributed by atoms with Crippen molar-refractivity contribution in [1.29, 1.82) is 0 Å². The highest BCUT2D eigenvalue weighted by molar-refractivity contribution is 6.02. The first-order chi connectivity index (χ1) is 11.5. The van der Waals surface area contributed by atoms with Gasteiger partial charge in [-0.2, -0.15) is 13.2 Å². The number of aromatic nitrogens is 1. The summed E-state index contributed by atoms with van der Waals surface area (Å²) in [6.07, 6.45) is -3.46. The highest BCUT2D eigenvalue weighted by Gasteiger charge is 2.30. The van der Waals surface area contributed by atoms with E-state index in [9.17, 15) is 18.0 Å². The van der Waals surface area contributed by atoms with Crippen LogP contribution in [0.15, 0.2) is 24.3 Å². The van der Waals surface area contributed by atoms with Crippen molar-refractivity contribution in [3.63, 3.8) is 0 Å². The highest BCUT2D eigenvalue weighted by Crippen LogP contribution is 2.35. The SMILES string of the molecule is Cc1c(C(N)=O)c(-c2ccc(C(F)(F)F)cc2)c(C)n1CCC(C)C. The van der Waals surface area contributed by atoms with Gasteiger partial charge in [0.2, 0.25) is 0 Å². The fraction of sp³-hybridized carbons (Fsp3) is 0.421. The molecule has 6 heteroatoms. The van der Waals surface area contributed by atoms with Crippen LogP contribution in [0.2, 0.25) is 0 Å². The molecule has 1 aromatic carbocycles. The molecule has 0 unspecified atom stereocenters. The molecule has 0 aliphatic heterocycles. The molecular weight excluding hydrogens is 329 g/mol. The summed E-state index contributed by atoms with van der Waals surface area (Å²) in [5, 5.41) is 0. The molecule has 136 valence electrons. The topological polar surface area (TPSA) is 48.0 Å². The number of rotatable bonds is 5. The minimum atomic E-state index is -4.39. The van der Waals surface area contributed by atoms with Gasteiger partial charge in [0.15, 0.2) is 0 Å². The van der Waals surface area contributed by atoms with E-state index in [1.54, 1.807) is 0 Å². The molecule has 2 aromatic rings. The molecule has 2 rings (SSSR count).